The second-order valence-electron chi connectivity index (χ2n) is 8.80. The summed E-state index contributed by atoms with van der Waals surface area (Å²) in [7, 11) is 3.04. The topological polar surface area (TPSA) is 60.3 Å². The predicted molar refractivity (Wildman–Crippen MR) is 110 cm³/mol. The highest BCUT2D eigenvalue weighted by Crippen LogP contribution is 2.59. The quantitative estimate of drug-likeness (QED) is 0.750. The minimum atomic E-state index is -4.39. The fraction of sp³-hybridized carbons (Fsp3) is 0.591. The molecule has 0 bridgehead atoms. The average molecular weight is 436 g/mol. The first-order valence-corrected chi connectivity index (χ1v) is 10.7. The van der Waals surface area contributed by atoms with Crippen LogP contribution in [-0.4, -0.2) is 42.8 Å². The van der Waals surface area contributed by atoms with E-state index in [4.69, 9.17) is 9.47 Å². The van der Waals surface area contributed by atoms with E-state index >= 15 is 0 Å². The van der Waals surface area contributed by atoms with Crippen molar-refractivity contribution in [1.82, 2.24) is 15.1 Å². The lowest BCUT2D eigenvalue weighted by molar-refractivity contribution is -0.173. The van der Waals surface area contributed by atoms with Crippen molar-refractivity contribution in [3.05, 3.63) is 35.5 Å². The van der Waals surface area contributed by atoms with E-state index < -0.39 is 18.3 Å². The van der Waals surface area contributed by atoms with Crippen molar-refractivity contribution in [3.63, 3.8) is 0 Å². The van der Waals surface area contributed by atoms with Crippen molar-refractivity contribution in [3.8, 4) is 11.5 Å². The molecule has 31 heavy (non-hydrogen) atoms. The van der Waals surface area contributed by atoms with Crippen LogP contribution in [0.25, 0.3) is 0 Å². The Morgan fingerprint density at radius 3 is 2.58 bits per heavy atom. The van der Waals surface area contributed by atoms with E-state index in [1.165, 1.54) is 14.2 Å². The third-order valence-corrected chi connectivity index (χ3v) is 7.11. The van der Waals surface area contributed by atoms with Gasteiger partial charge >= 0.3 is 6.18 Å². The second-order valence-corrected chi connectivity index (χ2v) is 8.80. The Morgan fingerprint density at radius 2 is 1.90 bits per heavy atom. The van der Waals surface area contributed by atoms with Crippen LogP contribution < -0.4 is 20.1 Å². The summed E-state index contributed by atoms with van der Waals surface area (Å²) in [6.07, 6.45) is -3.48. The molecule has 5 rings (SSSR count). The molecule has 0 radical (unpaired) electrons. The third-order valence-electron chi connectivity index (χ3n) is 7.11. The Bertz CT molecular complexity index is 976. The number of piperidine rings is 1. The highest BCUT2D eigenvalue weighted by atomic mass is 19.4. The van der Waals surface area contributed by atoms with E-state index in [-0.39, 0.29) is 12.3 Å². The van der Waals surface area contributed by atoms with Crippen LogP contribution in [0.4, 0.5) is 19.0 Å². The molecule has 6 atom stereocenters. The number of nitrogens with one attached hydrogen (secondary N) is 2. The summed E-state index contributed by atoms with van der Waals surface area (Å²) in [5.74, 6) is 2.66. The van der Waals surface area contributed by atoms with Gasteiger partial charge in [0.2, 0.25) is 0 Å². The number of fused-ring (bicyclic) bond motifs is 2. The van der Waals surface area contributed by atoms with Gasteiger partial charge < -0.3 is 20.1 Å². The number of alkyl halides is 3. The molecule has 3 aliphatic rings. The number of benzene rings is 1. The van der Waals surface area contributed by atoms with Gasteiger partial charge in [0, 0.05) is 24.4 Å². The van der Waals surface area contributed by atoms with Crippen molar-refractivity contribution in [2.24, 2.45) is 11.8 Å². The molecule has 1 aliphatic carbocycles. The number of halogens is 3. The largest absolute Gasteiger partial charge is 0.493 e. The van der Waals surface area contributed by atoms with E-state index in [9.17, 15) is 13.2 Å². The highest BCUT2D eigenvalue weighted by Gasteiger charge is 2.56. The smallest absolute Gasteiger partial charge is 0.410 e. The monoisotopic (exact) mass is 436 g/mol. The minimum absolute atomic E-state index is 0.136. The number of nitrogens with zero attached hydrogens (tertiary/aromatic N) is 2. The van der Waals surface area contributed by atoms with Gasteiger partial charge in [-0.05, 0) is 49.4 Å². The lowest BCUT2D eigenvalue weighted by Gasteiger charge is -2.33. The van der Waals surface area contributed by atoms with Gasteiger partial charge in [0.25, 0.3) is 0 Å². The van der Waals surface area contributed by atoms with Crippen LogP contribution in [0.2, 0.25) is 0 Å². The van der Waals surface area contributed by atoms with Crippen LogP contribution in [0.1, 0.15) is 49.0 Å². The van der Waals surface area contributed by atoms with Crippen LogP contribution in [-0.2, 0) is 0 Å². The van der Waals surface area contributed by atoms with Gasteiger partial charge in [-0.15, -0.1) is 0 Å². The van der Waals surface area contributed by atoms with Gasteiger partial charge in [-0.2, -0.15) is 18.3 Å². The molecule has 2 fully saturated rings. The van der Waals surface area contributed by atoms with Gasteiger partial charge in [0.1, 0.15) is 5.82 Å². The highest BCUT2D eigenvalue weighted by molar-refractivity contribution is 5.49. The number of methoxy groups -OCH3 is 2. The first-order chi connectivity index (χ1) is 14.8. The van der Waals surface area contributed by atoms with E-state index in [1.807, 2.05) is 6.07 Å². The maximum Gasteiger partial charge on any atom is 0.410 e. The van der Waals surface area contributed by atoms with Crippen LogP contribution in [0.15, 0.2) is 24.3 Å². The molecule has 1 saturated carbocycles. The molecule has 5 unspecified atom stereocenters. The van der Waals surface area contributed by atoms with Gasteiger partial charge in [-0.25, -0.2) is 4.68 Å². The molecule has 2 aromatic rings. The van der Waals surface area contributed by atoms with E-state index in [2.05, 4.69) is 22.7 Å². The Morgan fingerprint density at radius 1 is 1.13 bits per heavy atom. The molecule has 1 aromatic heterocycles. The van der Waals surface area contributed by atoms with Crippen LogP contribution >= 0.6 is 0 Å². The van der Waals surface area contributed by atoms with Crippen LogP contribution in [0.5, 0.6) is 11.5 Å². The van der Waals surface area contributed by atoms with E-state index in [1.54, 1.807) is 18.2 Å². The Kier molecular flexibility index (Phi) is 4.84. The van der Waals surface area contributed by atoms with E-state index in [0.29, 0.717) is 35.2 Å². The van der Waals surface area contributed by atoms with Gasteiger partial charge in [0.15, 0.2) is 17.5 Å². The lowest BCUT2D eigenvalue weighted by Crippen LogP contribution is -2.35. The molecular formula is C22H27F3N4O2. The zero-order valence-electron chi connectivity index (χ0n) is 17.7. The molecule has 168 valence electrons. The molecule has 0 amide bonds. The summed E-state index contributed by atoms with van der Waals surface area (Å²) in [4.78, 5) is 0. The molecule has 6 nitrogen and oxygen atoms in total. The number of hydrogen-bond donors (Lipinski definition) is 2. The standard InChI is InChI=1S/C22H27F3N4O2/c1-11-20-13(6-7-26-11)21(20)15-10-19-27-14(9-18(22(23,24)25)29(19)28-15)12-4-5-16(30-2)17(8-12)31-3/h4-5,8,10-11,13-14,18,20-21,26-27H,6-7,9H2,1-3H3/t11?,13?,14?,18?,20-,21?/m0/s1. The molecule has 2 aliphatic heterocycles. The first kappa shape index (κ1) is 20.5. The molecule has 1 saturated heterocycles. The summed E-state index contributed by atoms with van der Waals surface area (Å²) in [5, 5.41) is 11.2. The normalized spacial score (nSPS) is 31.9. The van der Waals surface area contributed by atoms with Crippen molar-refractivity contribution < 1.29 is 22.6 Å². The summed E-state index contributed by atoms with van der Waals surface area (Å²) < 4.78 is 53.8. The van der Waals surface area contributed by atoms with Gasteiger partial charge in [-0.3, -0.25) is 0 Å². The molecule has 0 spiro atoms. The third kappa shape index (κ3) is 3.43. The Labute approximate surface area is 179 Å². The van der Waals surface area contributed by atoms with Crippen molar-refractivity contribution >= 4 is 5.82 Å². The number of ether oxygens (including phenoxy) is 2. The van der Waals surface area contributed by atoms with Crippen molar-refractivity contribution in [2.75, 3.05) is 26.1 Å². The van der Waals surface area contributed by atoms with Gasteiger partial charge in [-0.1, -0.05) is 6.07 Å². The molecule has 2 N–H and O–H groups in total. The first-order valence-electron chi connectivity index (χ1n) is 10.7. The van der Waals surface area contributed by atoms with E-state index in [0.717, 1.165) is 28.9 Å². The number of anilines is 1. The number of hydrogen-bond acceptors (Lipinski definition) is 5. The summed E-state index contributed by atoms with van der Waals surface area (Å²) in [6.45, 7) is 3.11. The minimum Gasteiger partial charge on any atom is -0.493 e. The van der Waals surface area contributed by atoms with Crippen LogP contribution in [0, 0.1) is 11.8 Å². The maximum absolute atomic E-state index is 14.0. The predicted octanol–water partition coefficient (Wildman–Crippen LogP) is 4.27. The summed E-state index contributed by atoms with van der Waals surface area (Å²) in [6, 6.07) is 5.24. The zero-order valence-corrected chi connectivity index (χ0v) is 17.7. The van der Waals surface area contributed by atoms with Crippen molar-refractivity contribution in [1.29, 1.82) is 0 Å². The molecular weight excluding hydrogens is 409 g/mol. The lowest BCUT2D eigenvalue weighted by atomic mass is 9.96. The fourth-order valence-corrected chi connectivity index (χ4v) is 5.53. The summed E-state index contributed by atoms with van der Waals surface area (Å²) >= 11 is 0. The Hall–Kier alpha value is -2.42. The number of aromatic nitrogens is 2. The Balaban J connectivity index is 1.47. The maximum atomic E-state index is 14.0. The molecule has 1 aromatic carbocycles. The number of rotatable bonds is 4. The zero-order chi connectivity index (χ0) is 21.9. The average Bonchev–Trinajstić information content (AvgIpc) is 3.34. The summed E-state index contributed by atoms with van der Waals surface area (Å²) in [5.41, 5.74) is 1.49. The SMILES string of the molecule is COc1ccc(C2CC(C(F)(F)F)n3nc(C4C5CCNC(C)[C@@H]54)cc3N2)cc1OC. The molecule has 3 heterocycles. The van der Waals surface area contributed by atoms with Gasteiger partial charge in [0.05, 0.1) is 26.0 Å². The fourth-order valence-electron chi connectivity index (χ4n) is 5.53. The van der Waals surface area contributed by atoms with Crippen LogP contribution in [0.3, 0.4) is 0 Å². The molecule has 9 heteroatoms. The van der Waals surface area contributed by atoms with Crippen molar-refractivity contribution in [2.45, 2.75) is 50.0 Å². The second kappa shape index (κ2) is 7.32.